The highest BCUT2D eigenvalue weighted by atomic mass is 19.2. The number of hydrogen-bond acceptors (Lipinski definition) is 2. The molecule has 1 aromatic heterocycles. The highest BCUT2D eigenvalue weighted by molar-refractivity contribution is 5.74. The Morgan fingerprint density at radius 2 is 2.20 bits per heavy atom. The van der Waals surface area contributed by atoms with Gasteiger partial charge in [-0.2, -0.15) is 0 Å². The second-order valence-corrected chi connectivity index (χ2v) is 6.52. The number of piperidine rings is 1. The largest absolute Gasteiger partial charge is 0.338 e. The number of aromatic nitrogens is 2. The number of urea groups is 1. The maximum absolute atomic E-state index is 13.2. The van der Waals surface area contributed by atoms with E-state index in [9.17, 15) is 13.6 Å². The molecule has 0 unspecified atom stereocenters. The zero-order valence-electron chi connectivity index (χ0n) is 14.2. The van der Waals surface area contributed by atoms with Crippen molar-refractivity contribution in [3.8, 4) is 0 Å². The van der Waals surface area contributed by atoms with E-state index in [4.69, 9.17) is 0 Å². The summed E-state index contributed by atoms with van der Waals surface area (Å²) < 4.78 is 28.2. The van der Waals surface area contributed by atoms with Crippen LogP contribution in [0.15, 0.2) is 36.9 Å². The molecule has 0 spiro atoms. The fraction of sp³-hybridized carbons (Fsp3) is 0.444. The summed E-state index contributed by atoms with van der Waals surface area (Å²) >= 11 is 0. The predicted octanol–water partition coefficient (Wildman–Crippen LogP) is 3.00. The molecule has 3 rings (SSSR count). The third kappa shape index (κ3) is 4.15. The van der Waals surface area contributed by atoms with Gasteiger partial charge in [-0.25, -0.2) is 18.6 Å². The molecule has 1 saturated heterocycles. The Morgan fingerprint density at radius 3 is 2.92 bits per heavy atom. The average molecular weight is 348 g/mol. The zero-order valence-corrected chi connectivity index (χ0v) is 14.2. The predicted molar refractivity (Wildman–Crippen MR) is 90.1 cm³/mol. The average Bonchev–Trinajstić information content (AvgIpc) is 3.12. The maximum Gasteiger partial charge on any atom is 0.317 e. The number of amides is 2. The van der Waals surface area contributed by atoms with Crippen LogP contribution in [0.4, 0.5) is 13.6 Å². The van der Waals surface area contributed by atoms with Gasteiger partial charge in [0, 0.05) is 32.0 Å². The summed E-state index contributed by atoms with van der Waals surface area (Å²) in [5.74, 6) is -1.25. The van der Waals surface area contributed by atoms with Crippen molar-refractivity contribution in [3.05, 3.63) is 54.1 Å². The smallest absolute Gasteiger partial charge is 0.317 e. The Kier molecular flexibility index (Phi) is 5.31. The van der Waals surface area contributed by atoms with Gasteiger partial charge in [0.1, 0.15) is 0 Å². The lowest BCUT2D eigenvalue weighted by atomic mass is 9.93. The van der Waals surface area contributed by atoms with E-state index in [0.717, 1.165) is 12.5 Å². The van der Waals surface area contributed by atoms with Crippen LogP contribution in [-0.4, -0.2) is 40.1 Å². The molecule has 7 heteroatoms. The summed E-state index contributed by atoms with van der Waals surface area (Å²) in [5, 5.41) is 2.86. The molecule has 0 saturated carbocycles. The molecular weight excluding hydrogens is 326 g/mol. The number of nitrogens with one attached hydrogen (secondary N) is 1. The Morgan fingerprint density at radius 1 is 1.36 bits per heavy atom. The molecule has 1 N–H and O–H groups in total. The maximum atomic E-state index is 13.2. The molecule has 2 amide bonds. The first-order chi connectivity index (χ1) is 12.0. The lowest BCUT2D eigenvalue weighted by Gasteiger charge is -2.37. The van der Waals surface area contributed by atoms with E-state index in [1.54, 1.807) is 17.4 Å². The van der Waals surface area contributed by atoms with Gasteiger partial charge in [-0.1, -0.05) is 13.0 Å². The minimum Gasteiger partial charge on any atom is -0.338 e. The zero-order chi connectivity index (χ0) is 17.8. The first-order valence-electron chi connectivity index (χ1n) is 8.48. The number of rotatable bonds is 4. The normalized spacial score (nSPS) is 20.5. The van der Waals surface area contributed by atoms with Crippen LogP contribution in [0, 0.1) is 17.6 Å². The van der Waals surface area contributed by atoms with Crippen LogP contribution in [-0.2, 0) is 6.42 Å². The number of likely N-dealkylation sites (tertiary alicyclic amines) is 1. The molecule has 2 atom stereocenters. The number of carbonyl (C=O) groups excluding carboxylic acids is 1. The van der Waals surface area contributed by atoms with E-state index >= 15 is 0 Å². The van der Waals surface area contributed by atoms with Crippen molar-refractivity contribution >= 4 is 6.03 Å². The van der Waals surface area contributed by atoms with Crippen molar-refractivity contribution in [3.63, 3.8) is 0 Å². The quantitative estimate of drug-likeness (QED) is 0.923. The van der Waals surface area contributed by atoms with Gasteiger partial charge in [-0.05, 0) is 36.5 Å². The molecule has 1 aromatic carbocycles. The van der Waals surface area contributed by atoms with Crippen LogP contribution in [0.3, 0.4) is 0 Å². The molecule has 5 nitrogen and oxygen atoms in total. The number of benzene rings is 1. The molecule has 25 heavy (non-hydrogen) atoms. The molecule has 1 aliphatic rings. The van der Waals surface area contributed by atoms with Crippen molar-refractivity contribution in [2.24, 2.45) is 5.92 Å². The van der Waals surface area contributed by atoms with Crippen molar-refractivity contribution < 1.29 is 13.6 Å². The van der Waals surface area contributed by atoms with Crippen LogP contribution in [0.1, 0.15) is 24.9 Å². The van der Waals surface area contributed by atoms with Gasteiger partial charge in [0.2, 0.25) is 0 Å². The van der Waals surface area contributed by atoms with Crippen LogP contribution in [0.2, 0.25) is 0 Å². The Bertz CT molecular complexity index is 720. The van der Waals surface area contributed by atoms with Crippen LogP contribution < -0.4 is 5.32 Å². The van der Waals surface area contributed by atoms with Gasteiger partial charge in [0.25, 0.3) is 0 Å². The molecule has 0 aliphatic carbocycles. The van der Waals surface area contributed by atoms with Crippen LogP contribution in [0.25, 0.3) is 0 Å². The van der Waals surface area contributed by atoms with Crippen molar-refractivity contribution in [2.75, 3.05) is 19.6 Å². The van der Waals surface area contributed by atoms with Gasteiger partial charge >= 0.3 is 6.03 Å². The van der Waals surface area contributed by atoms with Gasteiger partial charge in [0.15, 0.2) is 11.6 Å². The Labute approximate surface area is 145 Å². The second-order valence-electron chi connectivity index (χ2n) is 6.52. The monoisotopic (exact) mass is 348 g/mol. The number of halogens is 2. The molecular formula is C18H22F2N4O. The van der Waals surface area contributed by atoms with E-state index in [2.05, 4.69) is 17.2 Å². The van der Waals surface area contributed by atoms with Crippen molar-refractivity contribution in [1.82, 2.24) is 19.8 Å². The van der Waals surface area contributed by atoms with Crippen LogP contribution in [0.5, 0.6) is 0 Å². The summed E-state index contributed by atoms with van der Waals surface area (Å²) in [6.45, 7) is 3.91. The van der Waals surface area contributed by atoms with Gasteiger partial charge < -0.3 is 14.8 Å². The van der Waals surface area contributed by atoms with Gasteiger partial charge in [-0.15, -0.1) is 0 Å². The third-order valence-electron chi connectivity index (χ3n) is 4.79. The second kappa shape index (κ2) is 7.63. The SMILES string of the molecule is C[C@H]1CCN(C(=O)NCCc2ccc(F)c(F)c2)C[C@@H]1n1ccnc1. The fourth-order valence-electron chi connectivity index (χ4n) is 3.21. The third-order valence-corrected chi connectivity index (χ3v) is 4.79. The molecule has 1 fully saturated rings. The number of nitrogens with zero attached hydrogens (tertiary/aromatic N) is 3. The Hall–Kier alpha value is -2.44. The lowest BCUT2D eigenvalue weighted by molar-refractivity contribution is 0.140. The van der Waals surface area contributed by atoms with Gasteiger partial charge in [-0.3, -0.25) is 0 Å². The molecule has 0 radical (unpaired) electrons. The highest BCUT2D eigenvalue weighted by Gasteiger charge is 2.29. The molecule has 0 bridgehead atoms. The van der Waals surface area contributed by atoms with E-state index in [-0.39, 0.29) is 12.1 Å². The van der Waals surface area contributed by atoms with E-state index in [0.29, 0.717) is 37.5 Å². The summed E-state index contributed by atoms with van der Waals surface area (Å²) in [6.07, 6.45) is 6.84. The van der Waals surface area contributed by atoms with E-state index < -0.39 is 11.6 Å². The van der Waals surface area contributed by atoms with Crippen molar-refractivity contribution in [1.29, 1.82) is 0 Å². The van der Waals surface area contributed by atoms with E-state index in [1.165, 1.54) is 12.1 Å². The van der Waals surface area contributed by atoms with E-state index in [1.807, 2.05) is 10.8 Å². The fourth-order valence-corrected chi connectivity index (χ4v) is 3.21. The van der Waals surface area contributed by atoms with Crippen LogP contribution >= 0.6 is 0 Å². The molecule has 2 aromatic rings. The Balaban J connectivity index is 1.51. The van der Waals surface area contributed by atoms with Gasteiger partial charge in [0.05, 0.1) is 12.4 Å². The number of imidazole rings is 1. The topological polar surface area (TPSA) is 50.2 Å². The standard InChI is InChI=1S/C18H22F2N4O/c1-13-5-8-23(11-17(13)24-9-7-21-12-24)18(25)22-6-4-14-2-3-15(19)16(20)10-14/h2-3,7,9-10,12-13,17H,4-6,8,11H2,1H3,(H,22,25)/t13-,17-/m0/s1. The summed E-state index contributed by atoms with van der Waals surface area (Å²) in [7, 11) is 0. The summed E-state index contributed by atoms with van der Waals surface area (Å²) in [4.78, 5) is 18.3. The lowest BCUT2D eigenvalue weighted by Crippen LogP contribution is -2.48. The molecule has 2 heterocycles. The first-order valence-corrected chi connectivity index (χ1v) is 8.48. The minimum absolute atomic E-state index is 0.125. The van der Waals surface area contributed by atoms with Crippen molar-refractivity contribution in [2.45, 2.75) is 25.8 Å². The minimum atomic E-state index is -0.864. The first kappa shape index (κ1) is 17.4. The summed E-state index contributed by atoms with van der Waals surface area (Å²) in [5.41, 5.74) is 0.655. The number of carbonyl (C=O) groups is 1. The summed E-state index contributed by atoms with van der Waals surface area (Å²) in [6, 6.07) is 3.89. The number of hydrogen-bond donors (Lipinski definition) is 1. The highest BCUT2D eigenvalue weighted by Crippen LogP contribution is 2.27. The molecule has 1 aliphatic heterocycles. The molecule has 134 valence electrons.